The number of anilines is 2. The van der Waals surface area contributed by atoms with Crippen molar-refractivity contribution in [2.24, 2.45) is 5.92 Å². The molecule has 2 aliphatic heterocycles. The minimum absolute atomic E-state index is 0.0546. The number of pyridine rings is 2. The van der Waals surface area contributed by atoms with Gasteiger partial charge in [-0.1, -0.05) is 17.7 Å². The number of alkyl halides is 1. The van der Waals surface area contributed by atoms with Gasteiger partial charge in [-0.2, -0.15) is 0 Å². The van der Waals surface area contributed by atoms with E-state index in [-0.39, 0.29) is 18.4 Å². The van der Waals surface area contributed by atoms with Crippen molar-refractivity contribution in [3.8, 4) is 11.3 Å². The van der Waals surface area contributed by atoms with E-state index in [1.54, 1.807) is 12.1 Å². The maximum atomic E-state index is 14.8. The van der Waals surface area contributed by atoms with E-state index in [1.807, 2.05) is 12.1 Å². The highest BCUT2D eigenvalue weighted by Gasteiger charge is 2.32. The summed E-state index contributed by atoms with van der Waals surface area (Å²) in [5, 5.41) is 9.64. The van der Waals surface area contributed by atoms with Crippen molar-refractivity contribution in [1.29, 1.82) is 0 Å². The lowest BCUT2D eigenvalue weighted by atomic mass is 9.96. The Labute approximate surface area is 186 Å². The van der Waals surface area contributed by atoms with E-state index >= 15 is 0 Å². The molecule has 1 atom stereocenters. The third-order valence-corrected chi connectivity index (χ3v) is 6.08. The molecule has 0 unspecified atom stereocenters. The molecule has 2 aromatic heterocycles. The first kappa shape index (κ1) is 21.9. The van der Waals surface area contributed by atoms with Gasteiger partial charge in [0, 0.05) is 44.4 Å². The third kappa shape index (κ3) is 5.70. The van der Waals surface area contributed by atoms with E-state index in [0.717, 1.165) is 19.4 Å². The van der Waals surface area contributed by atoms with Crippen molar-refractivity contribution in [2.75, 3.05) is 43.5 Å². The van der Waals surface area contributed by atoms with Crippen molar-refractivity contribution >= 4 is 29.1 Å². The first-order valence-electron chi connectivity index (χ1n) is 10.7. The van der Waals surface area contributed by atoms with Crippen LogP contribution in [0.2, 0.25) is 5.02 Å². The molecule has 2 aromatic rings. The maximum Gasteiger partial charge on any atom is 0.229 e. The number of hydrogen-bond acceptors (Lipinski definition) is 6. The topological polar surface area (TPSA) is 88.2 Å². The van der Waals surface area contributed by atoms with Crippen LogP contribution in [0.25, 0.3) is 11.3 Å². The number of amides is 1. The minimum atomic E-state index is -1.30. The van der Waals surface area contributed by atoms with Crippen molar-refractivity contribution in [3.05, 3.63) is 35.5 Å². The van der Waals surface area contributed by atoms with Crippen molar-refractivity contribution in [2.45, 2.75) is 31.4 Å². The fourth-order valence-corrected chi connectivity index (χ4v) is 4.05. The zero-order valence-corrected chi connectivity index (χ0v) is 18.1. The first-order valence-corrected chi connectivity index (χ1v) is 11.1. The van der Waals surface area contributed by atoms with Crippen molar-refractivity contribution in [1.82, 2.24) is 15.3 Å². The summed E-state index contributed by atoms with van der Waals surface area (Å²) >= 11 is 6.37. The molecule has 4 rings (SSSR count). The Kier molecular flexibility index (Phi) is 6.99. The largest absolute Gasteiger partial charge is 0.381 e. The normalized spacial score (nSPS) is 20.8. The number of carbonyl (C=O) groups is 1. The fraction of sp³-hybridized carbons (Fsp3) is 0.500. The maximum absolute atomic E-state index is 14.8. The molecule has 1 amide bonds. The number of hydrogen-bond donors (Lipinski definition) is 3. The molecule has 31 heavy (non-hydrogen) atoms. The molecule has 7 nitrogen and oxygen atoms in total. The molecule has 2 saturated heterocycles. The third-order valence-electron chi connectivity index (χ3n) is 5.77. The summed E-state index contributed by atoms with van der Waals surface area (Å²) in [5.74, 6) is 0.868. The summed E-state index contributed by atoms with van der Waals surface area (Å²) in [4.78, 5) is 21.4. The zero-order chi connectivity index (χ0) is 21.7. The highest BCUT2D eigenvalue weighted by atomic mass is 35.5. The summed E-state index contributed by atoms with van der Waals surface area (Å²) in [6, 6.07) is 7.17. The Morgan fingerprint density at radius 2 is 2.16 bits per heavy atom. The molecule has 0 radical (unpaired) electrons. The average molecular weight is 448 g/mol. The zero-order valence-electron chi connectivity index (χ0n) is 17.3. The summed E-state index contributed by atoms with van der Waals surface area (Å²) in [6.45, 7) is 2.66. The Morgan fingerprint density at radius 3 is 2.94 bits per heavy atom. The lowest BCUT2D eigenvalue weighted by Crippen LogP contribution is -2.38. The number of ether oxygens (including phenoxy) is 1. The van der Waals surface area contributed by atoms with E-state index < -0.39 is 5.67 Å². The van der Waals surface area contributed by atoms with Gasteiger partial charge in [-0.15, -0.1) is 0 Å². The summed E-state index contributed by atoms with van der Waals surface area (Å²) in [5.41, 5.74) is -0.0269. The van der Waals surface area contributed by atoms with Crippen LogP contribution in [0.1, 0.15) is 25.7 Å². The molecule has 0 aliphatic carbocycles. The standard InChI is InChI=1S/C22H27ClFN5O2/c23-17-13-26-20(29-21(30)15-3-2-8-25-12-15)11-16(17)18-4-1-5-19(28-18)27-14-22(24)6-9-31-10-7-22/h1,4-5,11,13,15,25H,2-3,6-10,12,14H2,(H,27,28)(H,26,29,30)/t15-/m1/s1. The SMILES string of the molecule is O=C(Nc1cc(-c2cccc(NCC3(F)CCOCC3)n2)c(Cl)cn1)[C@@H]1CCCNC1. The van der Waals surface area contributed by atoms with Gasteiger partial charge >= 0.3 is 0 Å². The highest BCUT2D eigenvalue weighted by molar-refractivity contribution is 6.33. The van der Waals surface area contributed by atoms with Crippen molar-refractivity contribution < 1.29 is 13.9 Å². The predicted molar refractivity (Wildman–Crippen MR) is 119 cm³/mol. The summed E-state index contributed by atoms with van der Waals surface area (Å²) < 4.78 is 20.1. The second-order valence-corrected chi connectivity index (χ2v) is 8.51. The highest BCUT2D eigenvalue weighted by Crippen LogP contribution is 2.30. The van der Waals surface area contributed by atoms with Gasteiger partial charge in [-0.25, -0.2) is 14.4 Å². The van der Waals surface area contributed by atoms with Crippen LogP contribution < -0.4 is 16.0 Å². The second kappa shape index (κ2) is 9.89. The lowest BCUT2D eigenvalue weighted by Gasteiger charge is -2.29. The van der Waals surface area contributed by atoms with Crippen LogP contribution in [-0.4, -0.2) is 54.4 Å². The quantitative estimate of drug-likeness (QED) is 0.626. The smallest absolute Gasteiger partial charge is 0.229 e. The Bertz CT molecular complexity index is 917. The van der Waals surface area contributed by atoms with Crippen LogP contribution in [0.4, 0.5) is 16.0 Å². The average Bonchev–Trinajstić information content (AvgIpc) is 2.80. The Morgan fingerprint density at radius 1 is 1.32 bits per heavy atom. The van der Waals surface area contributed by atoms with Crippen LogP contribution in [0.5, 0.6) is 0 Å². The molecule has 0 bridgehead atoms. The number of nitrogens with one attached hydrogen (secondary N) is 3. The van der Waals surface area contributed by atoms with Crippen LogP contribution in [0.3, 0.4) is 0 Å². The van der Waals surface area contributed by atoms with Gasteiger partial charge in [0.2, 0.25) is 5.91 Å². The first-order chi connectivity index (χ1) is 15.0. The number of aromatic nitrogens is 2. The molecule has 9 heteroatoms. The fourth-order valence-electron chi connectivity index (χ4n) is 3.85. The van der Waals surface area contributed by atoms with Gasteiger partial charge in [0.05, 0.1) is 23.2 Å². The van der Waals surface area contributed by atoms with E-state index in [9.17, 15) is 9.18 Å². The van der Waals surface area contributed by atoms with E-state index in [0.29, 0.717) is 60.5 Å². The molecular formula is C22H27ClFN5O2. The van der Waals surface area contributed by atoms with Gasteiger partial charge in [0.1, 0.15) is 17.3 Å². The minimum Gasteiger partial charge on any atom is -0.381 e. The van der Waals surface area contributed by atoms with Crippen molar-refractivity contribution in [3.63, 3.8) is 0 Å². The van der Waals surface area contributed by atoms with Gasteiger partial charge < -0.3 is 20.7 Å². The molecule has 0 aromatic carbocycles. The van der Waals surface area contributed by atoms with E-state index in [2.05, 4.69) is 25.9 Å². The summed E-state index contributed by atoms with van der Waals surface area (Å²) in [6.07, 6.45) is 4.09. The lowest BCUT2D eigenvalue weighted by molar-refractivity contribution is -0.120. The van der Waals surface area contributed by atoms with Gasteiger partial charge in [-0.3, -0.25) is 4.79 Å². The van der Waals surface area contributed by atoms with E-state index in [4.69, 9.17) is 16.3 Å². The molecule has 2 aliphatic rings. The van der Waals surface area contributed by atoms with Crippen LogP contribution in [0.15, 0.2) is 30.5 Å². The molecule has 166 valence electrons. The summed E-state index contributed by atoms with van der Waals surface area (Å²) in [7, 11) is 0. The van der Waals surface area contributed by atoms with Gasteiger partial charge in [-0.05, 0) is 37.6 Å². The molecular weight excluding hydrogens is 421 g/mol. The Hall–Kier alpha value is -2.29. The molecule has 2 fully saturated rings. The number of carbonyl (C=O) groups excluding carboxylic acids is 1. The Balaban J connectivity index is 1.46. The molecule has 0 saturated carbocycles. The number of piperidine rings is 1. The molecule has 4 heterocycles. The number of nitrogens with zero attached hydrogens (tertiary/aromatic N) is 2. The van der Waals surface area contributed by atoms with Gasteiger partial charge in [0.15, 0.2) is 0 Å². The molecule has 0 spiro atoms. The number of rotatable bonds is 6. The van der Waals surface area contributed by atoms with E-state index in [1.165, 1.54) is 6.20 Å². The number of halogens is 2. The van der Waals surface area contributed by atoms with Gasteiger partial charge in [0.25, 0.3) is 0 Å². The predicted octanol–water partition coefficient (Wildman–Crippen LogP) is 3.67. The van der Waals surface area contributed by atoms with Crippen LogP contribution >= 0.6 is 11.6 Å². The second-order valence-electron chi connectivity index (χ2n) is 8.11. The molecule has 3 N–H and O–H groups in total. The monoisotopic (exact) mass is 447 g/mol. The van der Waals surface area contributed by atoms with Crippen LogP contribution in [-0.2, 0) is 9.53 Å². The van der Waals surface area contributed by atoms with Crippen LogP contribution in [0, 0.1) is 5.92 Å².